The molecule has 0 saturated carbocycles. The molecule has 1 aromatic carbocycles. The van der Waals surface area contributed by atoms with Crippen molar-refractivity contribution >= 4 is 18.5 Å². The highest BCUT2D eigenvalue weighted by atomic mass is 32.1. The third kappa shape index (κ3) is 2.99. The maximum atomic E-state index is 12.0. The average molecular weight is 223 g/mol. The van der Waals surface area contributed by atoms with Gasteiger partial charge in [0.2, 0.25) is 0 Å². The molecule has 0 aliphatic heterocycles. The molecule has 0 aliphatic carbocycles. The van der Waals surface area contributed by atoms with E-state index in [-0.39, 0.29) is 11.9 Å². The Labute approximate surface area is 96.7 Å². The zero-order chi connectivity index (χ0) is 11.4. The lowest BCUT2D eigenvalue weighted by molar-refractivity contribution is 0.0717. The molecule has 1 amide bonds. The van der Waals surface area contributed by atoms with Crippen LogP contribution in [0.25, 0.3) is 0 Å². The Bertz CT molecular complexity index is 332. The first kappa shape index (κ1) is 12.1. The molecule has 0 spiro atoms. The molecule has 0 atom stereocenters. The van der Waals surface area contributed by atoms with Crippen molar-refractivity contribution in [2.75, 3.05) is 6.54 Å². The van der Waals surface area contributed by atoms with Gasteiger partial charge in [-0.25, -0.2) is 0 Å². The zero-order valence-electron chi connectivity index (χ0n) is 9.40. The summed E-state index contributed by atoms with van der Waals surface area (Å²) in [5.41, 5.74) is 0.725. The van der Waals surface area contributed by atoms with E-state index < -0.39 is 0 Å². The number of rotatable bonds is 3. The van der Waals surface area contributed by atoms with Crippen molar-refractivity contribution < 1.29 is 4.79 Å². The minimum atomic E-state index is 0.0841. The third-order valence-corrected chi connectivity index (χ3v) is 2.64. The van der Waals surface area contributed by atoms with Crippen LogP contribution >= 0.6 is 12.6 Å². The molecule has 0 unspecified atom stereocenters. The molecule has 3 heteroatoms. The van der Waals surface area contributed by atoms with E-state index in [1.165, 1.54) is 0 Å². The Morgan fingerprint density at radius 2 is 1.87 bits per heavy atom. The van der Waals surface area contributed by atoms with Crippen molar-refractivity contribution in [1.29, 1.82) is 0 Å². The van der Waals surface area contributed by atoms with Crippen LogP contribution in [0, 0.1) is 0 Å². The van der Waals surface area contributed by atoms with Crippen LogP contribution in [-0.2, 0) is 0 Å². The van der Waals surface area contributed by atoms with Crippen molar-refractivity contribution in [3.8, 4) is 0 Å². The maximum absolute atomic E-state index is 12.0. The fourth-order valence-corrected chi connectivity index (χ4v) is 1.66. The van der Waals surface area contributed by atoms with Gasteiger partial charge in [-0.05, 0) is 45.0 Å². The maximum Gasteiger partial charge on any atom is 0.254 e. The van der Waals surface area contributed by atoms with Gasteiger partial charge >= 0.3 is 0 Å². The van der Waals surface area contributed by atoms with Crippen LogP contribution in [0.1, 0.15) is 31.1 Å². The Morgan fingerprint density at radius 1 is 1.33 bits per heavy atom. The number of nitrogens with zero attached hydrogens (tertiary/aromatic N) is 1. The quantitative estimate of drug-likeness (QED) is 0.781. The second-order valence-corrected chi connectivity index (χ2v) is 4.25. The summed E-state index contributed by atoms with van der Waals surface area (Å²) < 4.78 is 0. The van der Waals surface area contributed by atoms with E-state index in [0.717, 1.165) is 17.0 Å². The molecule has 1 aromatic rings. The van der Waals surface area contributed by atoms with Crippen molar-refractivity contribution in [3.05, 3.63) is 29.8 Å². The molecule has 0 N–H and O–H groups in total. The second kappa shape index (κ2) is 5.21. The molecule has 0 aromatic heterocycles. The Morgan fingerprint density at radius 3 is 2.27 bits per heavy atom. The largest absolute Gasteiger partial charge is 0.337 e. The summed E-state index contributed by atoms with van der Waals surface area (Å²) in [5, 5.41) is 0. The third-order valence-electron chi connectivity index (χ3n) is 2.34. The van der Waals surface area contributed by atoms with Crippen LogP contribution in [0.4, 0.5) is 0 Å². The normalized spacial score (nSPS) is 10.5. The van der Waals surface area contributed by atoms with E-state index in [2.05, 4.69) is 12.6 Å². The van der Waals surface area contributed by atoms with Crippen LogP contribution in [0.3, 0.4) is 0 Å². The van der Waals surface area contributed by atoms with Gasteiger partial charge in [-0.1, -0.05) is 0 Å². The van der Waals surface area contributed by atoms with Crippen molar-refractivity contribution in [1.82, 2.24) is 4.90 Å². The summed E-state index contributed by atoms with van der Waals surface area (Å²) in [4.78, 5) is 14.7. The Hall–Kier alpha value is -0.960. The molecule has 0 saturated heterocycles. The van der Waals surface area contributed by atoms with Crippen LogP contribution in [0.5, 0.6) is 0 Å². The van der Waals surface area contributed by atoms with Gasteiger partial charge in [-0.15, -0.1) is 12.6 Å². The fourth-order valence-electron chi connectivity index (χ4n) is 1.51. The van der Waals surface area contributed by atoms with Crippen molar-refractivity contribution in [3.63, 3.8) is 0 Å². The Balaban J connectivity index is 2.88. The standard InChI is InChI=1S/C12H17NOS/c1-4-13(9(2)3)12(14)10-5-7-11(15)8-6-10/h5-9,15H,4H2,1-3H3. The van der Waals surface area contributed by atoms with Gasteiger partial charge in [0.25, 0.3) is 5.91 Å². The van der Waals surface area contributed by atoms with E-state index in [4.69, 9.17) is 0 Å². The molecule has 82 valence electrons. The topological polar surface area (TPSA) is 20.3 Å². The minimum Gasteiger partial charge on any atom is -0.337 e. The smallest absolute Gasteiger partial charge is 0.254 e. The van der Waals surface area contributed by atoms with Gasteiger partial charge in [-0.3, -0.25) is 4.79 Å². The summed E-state index contributed by atoms with van der Waals surface area (Å²) in [6.07, 6.45) is 0. The first-order chi connectivity index (χ1) is 7.06. The number of amides is 1. The monoisotopic (exact) mass is 223 g/mol. The number of hydrogen-bond acceptors (Lipinski definition) is 2. The average Bonchev–Trinajstić information content (AvgIpc) is 2.19. The molecule has 0 heterocycles. The number of carbonyl (C=O) groups is 1. The molecular weight excluding hydrogens is 206 g/mol. The summed E-state index contributed by atoms with van der Waals surface area (Å²) in [6.45, 7) is 6.77. The molecule has 0 fully saturated rings. The number of thiol groups is 1. The second-order valence-electron chi connectivity index (χ2n) is 3.73. The molecule has 2 nitrogen and oxygen atoms in total. The molecule has 1 rings (SSSR count). The van der Waals surface area contributed by atoms with E-state index in [1.807, 2.05) is 49.9 Å². The SMILES string of the molecule is CCN(C(=O)c1ccc(S)cc1)C(C)C. The van der Waals surface area contributed by atoms with E-state index in [0.29, 0.717) is 0 Å². The van der Waals surface area contributed by atoms with Crippen molar-refractivity contribution in [2.45, 2.75) is 31.7 Å². The number of hydrogen-bond donors (Lipinski definition) is 1. The summed E-state index contributed by atoms with van der Waals surface area (Å²) in [5.74, 6) is 0.0841. The van der Waals surface area contributed by atoms with Gasteiger partial charge in [0.15, 0.2) is 0 Å². The van der Waals surface area contributed by atoms with Gasteiger partial charge < -0.3 is 4.90 Å². The summed E-state index contributed by atoms with van der Waals surface area (Å²) in [7, 11) is 0. The van der Waals surface area contributed by atoms with Gasteiger partial charge in [-0.2, -0.15) is 0 Å². The number of carbonyl (C=O) groups excluding carboxylic acids is 1. The van der Waals surface area contributed by atoms with E-state index in [9.17, 15) is 4.79 Å². The lowest BCUT2D eigenvalue weighted by atomic mass is 10.2. The van der Waals surface area contributed by atoms with E-state index >= 15 is 0 Å². The lowest BCUT2D eigenvalue weighted by Gasteiger charge is -2.25. The molecular formula is C12H17NOS. The lowest BCUT2D eigenvalue weighted by Crippen LogP contribution is -2.36. The number of benzene rings is 1. The molecule has 0 radical (unpaired) electrons. The fraction of sp³-hybridized carbons (Fsp3) is 0.417. The zero-order valence-corrected chi connectivity index (χ0v) is 10.3. The van der Waals surface area contributed by atoms with Gasteiger partial charge in [0.1, 0.15) is 0 Å². The van der Waals surface area contributed by atoms with Crippen LogP contribution < -0.4 is 0 Å². The highest BCUT2D eigenvalue weighted by Crippen LogP contribution is 2.11. The Kier molecular flexibility index (Phi) is 4.21. The summed E-state index contributed by atoms with van der Waals surface area (Å²) >= 11 is 4.19. The first-order valence-corrected chi connectivity index (χ1v) is 5.61. The molecule has 0 aliphatic rings. The van der Waals surface area contributed by atoms with Gasteiger partial charge in [0.05, 0.1) is 0 Å². The highest BCUT2D eigenvalue weighted by molar-refractivity contribution is 7.80. The highest BCUT2D eigenvalue weighted by Gasteiger charge is 2.16. The van der Waals surface area contributed by atoms with E-state index in [1.54, 1.807) is 0 Å². The predicted octanol–water partition coefficient (Wildman–Crippen LogP) is 2.85. The first-order valence-electron chi connectivity index (χ1n) is 5.16. The predicted molar refractivity (Wildman–Crippen MR) is 65.5 cm³/mol. The molecule has 15 heavy (non-hydrogen) atoms. The van der Waals surface area contributed by atoms with Gasteiger partial charge in [0, 0.05) is 23.0 Å². The molecule has 0 bridgehead atoms. The van der Waals surface area contributed by atoms with Crippen LogP contribution in [0.15, 0.2) is 29.2 Å². The van der Waals surface area contributed by atoms with Crippen LogP contribution in [-0.4, -0.2) is 23.4 Å². The van der Waals surface area contributed by atoms with Crippen molar-refractivity contribution in [2.24, 2.45) is 0 Å². The minimum absolute atomic E-state index is 0.0841. The summed E-state index contributed by atoms with van der Waals surface area (Å²) in [6, 6.07) is 7.54. The van der Waals surface area contributed by atoms with Crippen LogP contribution in [0.2, 0.25) is 0 Å².